The molecular formula is C13H29NSi. The van der Waals surface area contributed by atoms with E-state index >= 15 is 0 Å². The number of nitrogens with zero attached hydrogens (tertiary/aromatic N) is 1. The Balaban J connectivity index is 4.81. The van der Waals surface area contributed by atoms with Gasteiger partial charge in [0.2, 0.25) is 0 Å². The van der Waals surface area contributed by atoms with Crippen LogP contribution in [0.5, 0.6) is 0 Å². The van der Waals surface area contributed by atoms with Crippen LogP contribution in [0.15, 0.2) is 12.2 Å². The summed E-state index contributed by atoms with van der Waals surface area (Å²) in [5.74, 6) is 0. The summed E-state index contributed by atoms with van der Waals surface area (Å²) >= 11 is 0. The molecule has 0 amide bonds. The number of allylic oxidation sites excluding steroid dienone is 2. The first kappa shape index (κ1) is 14.9. The second-order valence-corrected chi connectivity index (χ2v) is 9.77. The fourth-order valence-corrected chi connectivity index (χ4v) is 6.42. The fourth-order valence-electron chi connectivity index (χ4n) is 2.40. The molecule has 15 heavy (non-hydrogen) atoms. The van der Waals surface area contributed by atoms with Crippen LogP contribution in [0.3, 0.4) is 0 Å². The summed E-state index contributed by atoms with van der Waals surface area (Å²) < 4.78 is 2.54. The summed E-state index contributed by atoms with van der Waals surface area (Å²) in [4.78, 5) is 0. The summed E-state index contributed by atoms with van der Waals surface area (Å²) in [5.41, 5.74) is 0.822. The van der Waals surface area contributed by atoms with Crippen molar-refractivity contribution in [3.05, 3.63) is 12.2 Å². The topological polar surface area (TPSA) is 3.24 Å². The maximum absolute atomic E-state index is 2.54. The molecular weight excluding hydrogens is 198 g/mol. The zero-order chi connectivity index (χ0) is 11.9. The Hall–Kier alpha value is -0.0831. The van der Waals surface area contributed by atoms with E-state index in [1.54, 1.807) is 0 Å². The highest BCUT2D eigenvalue weighted by atomic mass is 28.3. The second-order valence-electron chi connectivity index (χ2n) is 4.92. The number of rotatable bonds is 7. The minimum atomic E-state index is -1.25. The number of hydrogen-bond donors (Lipinski definition) is 0. The van der Waals surface area contributed by atoms with Crippen molar-refractivity contribution in [2.24, 2.45) is 0 Å². The van der Waals surface area contributed by atoms with E-state index in [1.807, 2.05) is 0 Å². The van der Waals surface area contributed by atoms with Crippen LogP contribution in [0.1, 0.15) is 40.0 Å². The predicted octanol–water partition coefficient (Wildman–Crippen LogP) is 4.28. The third kappa shape index (κ3) is 4.11. The summed E-state index contributed by atoms with van der Waals surface area (Å²) in [6.45, 7) is 9.30. The highest BCUT2D eigenvalue weighted by Gasteiger charge is 2.35. The lowest BCUT2D eigenvalue weighted by Gasteiger charge is -2.40. The monoisotopic (exact) mass is 227 g/mol. The molecule has 0 saturated carbocycles. The first-order chi connectivity index (χ1) is 7.02. The van der Waals surface area contributed by atoms with Crippen molar-refractivity contribution in [2.45, 2.75) is 58.2 Å². The average molecular weight is 227 g/mol. The summed E-state index contributed by atoms with van der Waals surface area (Å²) in [7, 11) is 3.29. The van der Waals surface area contributed by atoms with Crippen molar-refractivity contribution in [3.63, 3.8) is 0 Å². The molecule has 2 heteroatoms. The van der Waals surface area contributed by atoms with Crippen LogP contribution in [0.25, 0.3) is 0 Å². The molecule has 0 aliphatic heterocycles. The third-order valence-electron chi connectivity index (χ3n) is 3.60. The Morgan fingerprint density at radius 2 is 1.80 bits per heavy atom. The van der Waals surface area contributed by atoms with Gasteiger partial charge in [0.05, 0.1) is 0 Å². The van der Waals surface area contributed by atoms with Crippen LogP contribution in [0.2, 0.25) is 18.1 Å². The highest BCUT2D eigenvalue weighted by Crippen LogP contribution is 2.34. The second kappa shape index (κ2) is 7.23. The van der Waals surface area contributed by atoms with Gasteiger partial charge in [0.25, 0.3) is 0 Å². The van der Waals surface area contributed by atoms with Crippen molar-refractivity contribution in [3.8, 4) is 0 Å². The van der Waals surface area contributed by atoms with Gasteiger partial charge in [0.1, 0.15) is 8.24 Å². The molecule has 0 radical (unpaired) electrons. The molecule has 0 aromatic carbocycles. The Morgan fingerprint density at radius 3 is 2.13 bits per heavy atom. The summed E-state index contributed by atoms with van der Waals surface area (Å²) in [6.07, 6.45) is 8.66. The lowest BCUT2D eigenvalue weighted by atomic mass is 10.2. The summed E-state index contributed by atoms with van der Waals surface area (Å²) in [6, 6.07) is 1.41. The van der Waals surface area contributed by atoms with Crippen molar-refractivity contribution in [1.29, 1.82) is 0 Å². The molecule has 0 heterocycles. The zero-order valence-corrected chi connectivity index (χ0v) is 12.5. The molecule has 90 valence electrons. The van der Waals surface area contributed by atoms with Crippen molar-refractivity contribution in [2.75, 3.05) is 14.1 Å². The normalized spacial score (nSPS) is 18.3. The molecule has 0 rings (SSSR count). The minimum absolute atomic E-state index is 0.822. The molecule has 0 aliphatic carbocycles. The van der Waals surface area contributed by atoms with Gasteiger partial charge in [-0.25, -0.2) is 0 Å². The first-order valence-corrected chi connectivity index (χ1v) is 9.06. The van der Waals surface area contributed by atoms with Crippen LogP contribution >= 0.6 is 0 Å². The standard InChI is InChI=1S/C13H29NSi/c1-7-10-13(11-8-2)15(6,12-9-3)14(4)5/h7,10,13H,8-9,11-12H2,1-6H3/b10-7+. The smallest absolute Gasteiger partial charge is 0.131 e. The average Bonchev–Trinajstić information content (AvgIpc) is 2.17. The fraction of sp³-hybridized carbons (Fsp3) is 0.846. The third-order valence-corrected chi connectivity index (χ3v) is 9.24. The Bertz CT molecular complexity index is 189. The van der Waals surface area contributed by atoms with Crippen molar-refractivity contribution in [1.82, 2.24) is 4.57 Å². The summed E-state index contributed by atoms with van der Waals surface area (Å²) in [5, 5.41) is 0. The molecule has 0 bridgehead atoms. The van der Waals surface area contributed by atoms with Crippen LogP contribution in [-0.2, 0) is 0 Å². The van der Waals surface area contributed by atoms with Crippen LogP contribution in [0, 0.1) is 0 Å². The number of hydrogen-bond acceptors (Lipinski definition) is 1. The van der Waals surface area contributed by atoms with Gasteiger partial charge in [-0.15, -0.1) is 0 Å². The van der Waals surface area contributed by atoms with E-state index < -0.39 is 8.24 Å². The maximum Gasteiger partial charge on any atom is 0.131 e. The Morgan fingerprint density at radius 1 is 1.20 bits per heavy atom. The molecule has 1 nitrogen and oxygen atoms in total. The largest absolute Gasteiger partial charge is 0.329 e. The maximum atomic E-state index is 2.54. The van der Waals surface area contributed by atoms with Gasteiger partial charge >= 0.3 is 0 Å². The molecule has 2 unspecified atom stereocenters. The van der Waals surface area contributed by atoms with E-state index in [0.29, 0.717) is 0 Å². The van der Waals surface area contributed by atoms with Gasteiger partial charge in [0, 0.05) is 0 Å². The lowest BCUT2D eigenvalue weighted by Crippen LogP contribution is -2.50. The molecule has 0 spiro atoms. The molecule has 0 fully saturated rings. The van der Waals surface area contributed by atoms with Gasteiger partial charge < -0.3 is 4.57 Å². The van der Waals surface area contributed by atoms with E-state index in [2.05, 4.69) is 58.1 Å². The SMILES string of the molecule is C/C=C/C(CCC)[Si](C)(CCC)N(C)C. The molecule has 0 aliphatic rings. The van der Waals surface area contributed by atoms with Crippen LogP contribution < -0.4 is 0 Å². The molecule has 0 N–H and O–H groups in total. The Kier molecular flexibility index (Phi) is 7.19. The Labute approximate surface area is 97.6 Å². The van der Waals surface area contributed by atoms with Crippen LogP contribution in [0.4, 0.5) is 0 Å². The lowest BCUT2D eigenvalue weighted by molar-refractivity contribution is 0.578. The van der Waals surface area contributed by atoms with Crippen molar-refractivity contribution < 1.29 is 0 Å². The van der Waals surface area contributed by atoms with Gasteiger partial charge in [-0.3, -0.25) is 0 Å². The quantitative estimate of drug-likeness (QED) is 0.463. The van der Waals surface area contributed by atoms with E-state index in [4.69, 9.17) is 0 Å². The predicted molar refractivity (Wildman–Crippen MR) is 73.9 cm³/mol. The first-order valence-electron chi connectivity index (χ1n) is 6.33. The molecule has 0 aromatic rings. The minimum Gasteiger partial charge on any atom is -0.329 e. The van der Waals surface area contributed by atoms with Gasteiger partial charge in [-0.2, -0.15) is 0 Å². The molecule has 0 saturated heterocycles. The van der Waals surface area contributed by atoms with Crippen LogP contribution in [-0.4, -0.2) is 26.9 Å². The van der Waals surface area contributed by atoms with E-state index in [1.165, 1.54) is 25.3 Å². The van der Waals surface area contributed by atoms with E-state index in [0.717, 1.165) is 5.54 Å². The van der Waals surface area contributed by atoms with E-state index in [9.17, 15) is 0 Å². The highest BCUT2D eigenvalue weighted by molar-refractivity contribution is 6.77. The van der Waals surface area contributed by atoms with Gasteiger partial charge in [-0.1, -0.05) is 45.4 Å². The van der Waals surface area contributed by atoms with E-state index in [-0.39, 0.29) is 0 Å². The molecule has 2 atom stereocenters. The zero-order valence-electron chi connectivity index (χ0n) is 11.5. The van der Waals surface area contributed by atoms with Gasteiger partial charge in [0.15, 0.2) is 0 Å². The van der Waals surface area contributed by atoms with Gasteiger partial charge in [-0.05, 0) is 39.0 Å². The van der Waals surface area contributed by atoms with Crippen molar-refractivity contribution >= 4 is 8.24 Å². The molecule has 0 aromatic heterocycles.